The molecule has 2 aromatic carbocycles. The molecule has 204 valence electrons. The van der Waals surface area contributed by atoms with Crippen molar-refractivity contribution in [2.24, 2.45) is 7.05 Å². The normalized spacial score (nSPS) is 15.8. The summed E-state index contributed by atoms with van der Waals surface area (Å²) in [6.07, 6.45) is 7.06. The number of hydrogen-bond acceptors (Lipinski definition) is 9. The van der Waals surface area contributed by atoms with Crippen molar-refractivity contribution in [1.29, 1.82) is 5.26 Å². The molecule has 4 heterocycles. The maximum Gasteiger partial charge on any atom is 0.379 e. The van der Waals surface area contributed by atoms with Gasteiger partial charge in [-0.05, 0) is 47.4 Å². The van der Waals surface area contributed by atoms with E-state index in [0.29, 0.717) is 42.3 Å². The second kappa shape index (κ2) is 11.7. The Hall–Kier alpha value is -4.53. The molecule has 0 bridgehead atoms. The Morgan fingerprint density at radius 3 is 2.65 bits per heavy atom. The van der Waals surface area contributed by atoms with Gasteiger partial charge in [0, 0.05) is 49.9 Å². The first-order chi connectivity index (χ1) is 19.7. The fourth-order valence-electron chi connectivity index (χ4n) is 4.96. The predicted molar refractivity (Wildman–Crippen MR) is 149 cm³/mol. The fourth-order valence-corrected chi connectivity index (χ4v) is 4.96. The molecule has 6 rings (SSSR count). The molecule has 2 aliphatic rings. The highest BCUT2D eigenvalue weighted by Gasteiger charge is 2.29. The van der Waals surface area contributed by atoms with E-state index in [-0.39, 0.29) is 0 Å². The summed E-state index contributed by atoms with van der Waals surface area (Å²) >= 11 is 0. The third-order valence-electron chi connectivity index (χ3n) is 7.36. The Labute approximate surface area is 233 Å². The molecule has 11 heteroatoms. The van der Waals surface area contributed by atoms with Gasteiger partial charge in [-0.1, -0.05) is 4.98 Å². The Morgan fingerprint density at radius 2 is 1.95 bits per heavy atom. The molecule has 2 aliphatic heterocycles. The van der Waals surface area contributed by atoms with Gasteiger partial charge in [-0.3, -0.25) is 10.2 Å². The Balaban J connectivity index is 1.10. The minimum atomic E-state index is 0.435. The van der Waals surface area contributed by atoms with Crippen LogP contribution < -0.4 is 19.5 Å². The second-order valence-electron chi connectivity index (χ2n) is 9.97. The van der Waals surface area contributed by atoms with Gasteiger partial charge < -0.3 is 18.9 Å². The standard InChI is InChI=1S/C29H31N9O2/c1-35-21-32-29(33-24-3-5-25(6-4-24)37-10-12-38(13-11-37)26-18-39-19-26)34-28(35)22-2-7-27(23(16-22)17-30)40-15-14-36-9-8-31-20-36/h2-9,16,20-21,26H,10-15,18-19H2,1H3/p+1. The number of anilines is 3. The first-order valence-electron chi connectivity index (χ1n) is 13.5. The Morgan fingerprint density at radius 1 is 1.12 bits per heavy atom. The molecule has 1 N–H and O–H groups in total. The molecule has 0 saturated carbocycles. The molecule has 0 unspecified atom stereocenters. The number of imidazole rings is 1. The molecule has 0 spiro atoms. The van der Waals surface area contributed by atoms with Gasteiger partial charge in [0.2, 0.25) is 6.33 Å². The van der Waals surface area contributed by atoms with Crippen LogP contribution >= 0.6 is 0 Å². The lowest BCUT2D eigenvalue weighted by Gasteiger charge is -2.43. The third-order valence-corrected chi connectivity index (χ3v) is 7.36. The number of benzene rings is 2. The zero-order chi connectivity index (χ0) is 27.3. The highest BCUT2D eigenvalue weighted by atomic mass is 16.5. The van der Waals surface area contributed by atoms with Crippen molar-refractivity contribution in [3.8, 4) is 23.2 Å². The zero-order valence-corrected chi connectivity index (χ0v) is 22.5. The van der Waals surface area contributed by atoms with Crippen molar-refractivity contribution < 1.29 is 14.0 Å². The quantitative estimate of drug-likeness (QED) is 0.321. The van der Waals surface area contributed by atoms with Crippen LogP contribution in [0.4, 0.5) is 17.3 Å². The molecule has 2 aromatic heterocycles. The maximum atomic E-state index is 9.75. The number of hydrogen-bond donors (Lipinski definition) is 1. The smallest absolute Gasteiger partial charge is 0.379 e. The summed E-state index contributed by atoms with van der Waals surface area (Å²) in [4.78, 5) is 18.2. The minimum Gasteiger partial charge on any atom is -0.490 e. The lowest BCUT2D eigenvalue weighted by molar-refractivity contribution is -0.666. The number of ether oxygens (including phenoxy) is 2. The van der Waals surface area contributed by atoms with Gasteiger partial charge in [0.25, 0.3) is 5.82 Å². The number of nitrogens with zero attached hydrogens (tertiary/aromatic N) is 8. The van der Waals surface area contributed by atoms with Crippen LogP contribution in [0.5, 0.6) is 5.75 Å². The summed E-state index contributed by atoms with van der Waals surface area (Å²) in [5.74, 6) is 1.71. The van der Waals surface area contributed by atoms with Gasteiger partial charge in [-0.2, -0.15) is 5.26 Å². The molecule has 0 amide bonds. The van der Waals surface area contributed by atoms with E-state index in [1.807, 2.05) is 34.5 Å². The average Bonchev–Trinajstić information content (AvgIpc) is 3.48. The summed E-state index contributed by atoms with van der Waals surface area (Å²) in [5.41, 5.74) is 3.38. The van der Waals surface area contributed by atoms with E-state index in [9.17, 15) is 5.26 Å². The molecule has 4 aromatic rings. The van der Waals surface area contributed by atoms with Crippen molar-refractivity contribution >= 4 is 17.3 Å². The fraction of sp³-hybridized carbons (Fsp3) is 0.345. The largest absolute Gasteiger partial charge is 0.490 e. The number of nitrogens with one attached hydrogen (secondary N) is 1. The van der Waals surface area contributed by atoms with Gasteiger partial charge in [-0.15, -0.1) is 0 Å². The van der Waals surface area contributed by atoms with Crippen LogP contribution in [0.1, 0.15) is 5.56 Å². The van der Waals surface area contributed by atoms with E-state index >= 15 is 0 Å². The lowest BCUT2D eigenvalue weighted by atomic mass is 10.1. The van der Waals surface area contributed by atoms with Crippen LogP contribution in [-0.2, 0) is 18.3 Å². The molecule has 2 fully saturated rings. The number of aromatic nitrogens is 5. The van der Waals surface area contributed by atoms with E-state index in [2.05, 4.69) is 55.4 Å². The first kappa shape index (κ1) is 25.7. The summed E-state index contributed by atoms with van der Waals surface area (Å²) < 4.78 is 15.0. The van der Waals surface area contributed by atoms with E-state index < -0.39 is 0 Å². The number of nitriles is 1. The van der Waals surface area contributed by atoms with Gasteiger partial charge in [-0.25, -0.2) is 9.55 Å². The van der Waals surface area contributed by atoms with Crippen molar-refractivity contribution in [3.05, 3.63) is 73.1 Å². The lowest BCUT2D eigenvalue weighted by Crippen LogP contribution is -2.56. The molecule has 0 atom stereocenters. The van der Waals surface area contributed by atoms with E-state index in [1.54, 1.807) is 24.9 Å². The van der Waals surface area contributed by atoms with Gasteiger partial charge >= 0.3 is 5.95 Å². The first-order valence-corrected chi connectivity index (χ1v) is 13.5. The van der Waals surface area contributed by atoms with Gasteiger partial charge in [0.05, 0.1) is 50.3 Å². The van der Waals surface area contributed by atoms with Crippen LogP contribution in [-0.4, -0.2) is 76.5 Å². The molecule has 40 heavy (non-hydrogen) atoms. The third kappa shape index (κ3) is 5.73. The van der Waals surface area contributed by atoms with Crippen LogP contribution in [0, 0.1) is 11.3 Å². The topological polar surface area (TPSA) is 108 Å². The summed E-state index contributed by atoms with van der Waals surface area (Å²) in [6.45, 7) is 6.99. The minimum absolute atomic E-state index is 0.435. The summed E-state index contributed by atoms with van der Waals surface area (Å²) in [7, 11) is 1.88. The molecule has 11 nitrogen and oxygen atoms in total. The average molecular weight is 539 g/mol. The van der Waals surface area contributed by atoms with Crippen LogP contribution in [0.15, 0.2) is 67.5 Å². The van der Waals surface area contributed by atoms with E-state index in [1.165, 1.54) is 5.69 Å². The van der Waals surface area contributed by atoms with Crippen LogP contribution in [0.3, 0.4) is 0 Å². The van der Waals surface area contributed by atoms with Gasteiger partial charge in [0.1, 0.15) is 18.4 Å². The second-order valence-corrected chi connectivity index (χ2v) is 9.97. The van der Waals surface area contributed by atoms with Crippen LogP contribution in [0.2, 0.25) is 0 Å². The highest BCUT2D eigenvalue weighted by molar-refractivity contribution is 5.63. The SMILES string of the molecule is C[n+]1cnc(Nc2ccc(N3CCN(C4COC4)CC3)cc2)nc1-c1ccc(OCCn2ccnc2)c(C#N)c1. The Bertz CT molecular complexity index is 1470. The zero-order valence-electron chi connectivity index (χ0n) is 22.5. The number of piperazine rings is 1. The summed E-state index contributed by atoms with van der Waals surface area (Å²) in [6, 6.07) is 16.8. The predicted octanol–water partition coefficient (Wildman–Crippen LogP) is 2.38. The van der Waals surface area contributed by atoms with E-state index in [4.69, 9.17) is 14.5 Å². The molecular formula is C29H32N9O2+. The van der Waals surface area contributed by atoms with Crippen molar-refractivity contribution in [1.82, 2.24) is 24.4 Å². The summed E-state index contributed by atoms with van der Waals surface area (Å²) in [5, 5.41) is 13.1. The number of aryl methyl sites for hydroxylation is 1. The Kier molecular flexibility index (Phi) is 7.52. The molecule has 2 saturated heterocycles. The maximum absolute atomic E-state index is 9.75. The van der Waals surface area contributed by atoms with E-state index in [0.717, 1.165) is 50.6 Å². The molecule has 0 radical (unpaired) electrons. The van der Waals surface area contributed by atoms with Crippen molar-refractivity contribution in [2.45, 2.75) is 12.6 Å². The number of rotatable bonds is 9. The molecule has 0 aliphatic carbocycles. The van der Waals surface area contributed by atoms with Gasteiger partial charge in [0.15, 0.2) is 0 Å². The van der Waals surface area contributed by atoms with Crippen LogP contribution in [0.25, 0.3) is 11.4 Å². The monoisotopic (exact) mass is 538 g/mol. The highest BCUT2D eigenvalue weighted by Crippen LogP contribution is 2.26. The van der Waals surface area contributed by atoms with Crippen molar-refractivity contribution in [2.75, 3.05) is 56.2 Å². The van der Waals surface area contributed by atoms with Crippen molar-refractivity contribution in [3.63, 3.8) is 0 Å². The molecular weight excluding hydrogens is 506 g/mol.